The Bertz CT molecular complexity index is 983. The predicted octanol–water partition coefficient (Wildman–Crippen LogP) is 1.15. The molecule has 3 aliphatic rings. The van der Waals surface area contributed by atoms with Crippen LogP contribution >= 0.6 is 0 Å². The minimum atomic E-state index is 0.0440. The summed E-state index contributed by atoms with van der Waals surface area (Å²) in [5.74, 6) is 2.40. The van der Waals surface area contributed by atoms with Crippen LogP contribution in [0.4, 0.5) is 11.5 Å². The molecule has 1 amide bonds. The SMILES string of the molecule is C[N+]1=C(c2ccc(N3CCOc4cc(C(=O)N5CCCCC5)cnc43)cc2)NNN1. The number of likely N-dealkylation sites (tertiary alicyclic amines) is 1. The summed E-state index contributed by atoms with van der Waals surface area (Å²) < 4.78 is 7.74. The summed E-state index contributed by atoms with van der Waals surface area (Å²) in [6, 6.07) is 10.1. The third-order valence-corrected chi connectivity index (χ3v) is 5.74. The highest BCUT2D eigenvalue weighted by atomic mass is 16.5. The standard InChI is InChI=1S/C21H25N7O2/c1-26-19(23-24-25-26)15-5-7-17(8-6-15)28-11-12-30-18-13-16(14-22-20(18)28)21(29)27-9-3-2-4-10-27/h5-8,13-14,24-25H,2-4,9-12H2,1H3/p+1. The number of carbonyl (C=O) groups is 1. The van der Waals surface area contributed by atoms with Crippen LogP contribution < -0.4 is 26.1 Å². The number of carbonyl (C=O) groups excluding carboxylic acids is 1. The fraction of sp³-hybridized carbons (Fsp3) is 0.381. The molecule has 0 radical (unpaired) electrons. The average Bonchev–Trinajstić information content (AvgIpc) is 3.24. The minimum Gasteiger partial charge on any atom is -0.488 e. The predicted molar refractivity (Wildman–Crippen MR) is 113 cm³/mol. The van der Waals surface area contributed by atoms with Gasteiger partial charge in [0.2, 0.25) is 0 Å². The number of pyridine rings is 1. The van der Waals surface area contributed by atoms with E-state index < -0.39 is 0 Å². The summed E-state index contributed by atoms with van der Waals surface area (Å²) in [6.07, 6.45) is 5.01. The van der Waals surface area contributed by atoms with E-state index in [1.807, 2.05) is 22.7 Å². The second-order valence-corrected chi connectivity index (χ2v) is 7.71. The maximum absolute atomic E-state index is 12.8. The molecule has 0 bridgehead atoms. The molecular weight excluding hydrogens is 382 g/mol. The summed E-state index contributed by atoms with van der Waals surface area (Å²) in [5.41, 5.74) is 11.6. The van der Waals surface area contributed by atoms with Crippen molar-refractivity contribution in [3.05, 3.63) is 47.7 Å². The number of nitrogens with one attached hydrogen (secondary N) is 3. The van der Waals surface area contributed by atoms with Crippen molar-refractivity contribution in [2.75, 3.05) is 38.2 Å². The number of amides is 1. The molecule has 4 heterocycles. The molecule has 0 saturated carbocycles. The molecule has 3 N–H and O–H groups in total. The van der Waals surface area contributed by atoms with Gasteiger partial charge < -0.3 is 14.5 Å². The number of hydrazone groups is 1. The van der Waals surface area contributed by atoms with E-state index in [9.17, 15) is 4.79 Å². The van der Waals surface area contributed by atoms with Crippen molar-refractivity contribution in [1.82, 2.24) is 26.4 Å². The zero-order chi connectivity index (χ0) is 20.5. The second-order valence-electron chi connectivity index (χ2n) is 7.71. The fourth-order valence-electron chi connectivity index (χ4n) is 4.12. The molecule has 1 saturated heterocycles. The molecule has 5 rings (SSSR count). The normalized spacial score (nSPS) is 18.4. The quantitative estimate of drug-likeness (QED) is 0.657. The van der Waals surface area contributed by atoms with Gasteiger partial charge in [-0.05, 0) is 55.1 Å². The number of piperidine rings is 1. The number of rotatable bonds is 3. The van der Waals surface area contributed by atoms with E-state index in [0.717, 1.165) is 48.8 Å². The van der Waals surface area contributed by atoms with Gasteiger partial charge in [0, 0.05) is 25.0 Å². The van der Waals surface area contributed by atoms with Gasteiger partial charge in [-0.15, -0.1) is 4.68 Å². The van der Waals surface area contributed by atoms with Crippen molar-refractivity contribution < 1.29 is 14.2 Å². The number of nitrogens with zero attached hydrogens (tertiary/aromatic N) is 4. The zero-order valence-electron chi connectivity index (χ0n) is 17.0. The molecule has 30 heavy (non-hydrogen) atoms. The van der Waals surface area contributed by atoms with E-state index >= 15 is 0 Å². The van der Waals surface area contributed by atoms with E-state index in [-0.39, 0.29) is 5.91 Å². The summed E-state index contributed by atoms with van der Waals surface area (Å²) >= 11 is 0. The summed E-state index contributed by atoms with van der Waals surface area (Å²) in [7, 11) is 1.93. The molecule has 0 atom stereocenters. The van der Waals surface area contributed by atoms with Crippen LogP contribution in [0.3, 0.4) is 0 Å². The maximum atomic E-state index is 12.8. The number of benzene rings is 1. The van der Waals surface area contributed by atoms with Crippen LogP contribution in [0.1, 0.15) is 35.2 Å². The first-order valence-electron chi connectivity index (χ1n) is 10.4. The fourth-order valence-corrected chi connectivity index (χ4v) is 4.12. The van der Waals surface area contributed by atoms with E-state index in [0.29, 0.717) is 24.5 Å². The van der Waals surface area contributed by atoms with Gasteiger partial charge >= 0.3 is 5.84 Å². The molecule has 0 aliphatic carbocycles. The molecule has 1 aromatic heterocycles. The first-order valence-corrected chi connectivity index (χ1v) is 10.4. The van der Waals surface area contributed by atoms with E-state index in [1.165, 1.54) is 6.42 Å². The van der Waals surface area contributed by atoms with Gasteiger partial charge in [-0.2, -0.15) is 11.0 Å². The van der Waals surface area contributed by atoms with Gasteiger partial charge in [-0.1, -0.05) is 0 Å². The minimum absolute atomic E-state index is 0.0440. The Labute approximate surface area is 175 Å². The smallest absolute Gasteiger partial charge is 0.321 e. The monoisotopic (exact) mass is 408 g/mol. The highest BCUT2D eigenvalue weighted by molar-refractivity contribution is 5.96. The Morgan fingerprint density at radius 3 is 2.67 bits per heavy atom. The van der Waals surface area contributed by atoms with Gasteiger partial charge in [0.15, 0.2) is 11.6 Å². The number of hydrogen-bond acceptors (Lipinski definition) is 7. The number of aromatic nitrogens is 1. The van der Waals surface area contributed by atoms with Gasteiger partial charge in [0.1, 0.15) is 13.7 Å². The van der Waals surface area contributed by atoms with Crippen molar-refractivity contribution in [1.29, 1.82) is 0 Å². The number of fused-ring (bicyclic) bond motifs is 1. The summed E-state index contributed by atoms with van der Waals surface area (Å²) in [5, 5.41) is 0. The van der Waals surface area contributed by atoms with Crippen LogP contribution in [0, 0.1) is 0 Å². The van der Waals surface area contributed by atoms with Crippen LogP contribution in [-0.2, 0) is 0 Å². The van der Waals surface area contributed by atoms with E-state index in [2.05, 4.69) is 50.6 Å². The van der Waals surface area contributed by atoms with Gasteiger partial charge in [0.05, 0.1) is 17.7 Å². The van der Waals surface area contributed by atoms with Crippen LogP contribution in [0.2, 0.25) is 0 Å². The van der Waals surface area contributed by atoms with Gasteiger partial charge in [-0.3, -0.25) is 4.79 Å². The number of hydrazine groups is 3. The first kappa shape index (κ1) is 18.7. The van der Waals surface area contributed by atoms with Crippen molar-refractivity contribution in [3.63, 3.8) is 0 Å². The van der Waals surface area contributed by atoms with Crippen LogP contribution in [0.25, 0.3) is 0 Å². The summed E-state index contributed by atoms with van der Waals surface area (Å²) in [4.78, 5) is 21.5. The van der Waals surface area contributed by atoms with Crippen molar-refractivity contribution >= 4 is 23.2 Å². The van der Waals surface area contributed by atoms with Crippen LogP contribution in [-0.4, -0.2) is 59.6 Å². The average molecular weight is 408 g/mol. The molecule has 0 spiro atoms. The lowest BCUT2D eigenvalue weighted by atomic mass is 10.1. The molecule has 3 aliphatic heterocycles. The Balaban J connectivity index is 1.39. The highest BCUT2D eigenvalue weighted by Gasteiger charge is 2.26. The van der Waals surface area contributed by atoms with Crippen LogP contribution in [0.5, 0.6) is 5.75 Å². The highest BCUT2D eigenvalue weighted by Crippen LogP contribution is 2.35. The molecule has 2 aromatic rings. The van der Waals surface area contributed by atoms with E-state index in [1.54, 1.807) is 6.20 Å². The molecule has 9 nitrogen and oxygen atoms in total. The summed E-state index contributed by atoms with van der Waals surface area (Å²) in [6.45, 7) is 2.90. The maximum Gasteiger partial charge on any atom is 0.321 e. The lowest BCUT2D eigenvalue weighted by Crippen LogP contribution is -2.36. The molecule has 9 heteroatoms. The lowest BCUT2D eigenvalue weighted by molar-refractivity contribution is -0.558. The van der Waals surface area contributed by atoms with E-state index in [4.69, 9.17) is 4.74 Å². The molecule has 1 aromatic carbocycles. The van der Waals surface area contributed by atoms with Crippen molar-refractivity contribution in [2.24, 2.45) is 0 Å². The molecule has 1 fully saturated rings. The van der Waals surface area contributed by atoms with Gasteiger partial charge in [0.25, 0.3) is 5.91 Å². The van der Waals surface area contributed by atoms with Crippen molar-refractivity contribution in [2.45, 2.75) is 19.3 Å². The number of anilines is 2. The molecular formula is C21H26N7O2+. The first-order chi connectivity index (χ1) is 14.7. The lowest BCUT2D eigenvalue weighted by Gasteiger charge is -2.31. The number of hydrogen-bond donors (Lipinski definition) is 3. The number of ether oxygens (including phenoxy) is 1. The Morgan fingerprint density at radius 2 is 1.93 bits per heavy atom. The van der Waals surface area contributed by atoms with Crippen LogP contribution in [0.15, 0.2) is 36.5 Å². The Kier molecular flexibility index (Phi) is 4.88. The topological polar surface area (TPSA) is 84.8 Å². The van der Waals surface area contributed by atoms with Gasteiger partial charge in [-0.25, -0.2) is 4.98 Å². The number of amidine groups is 1. The molecule has 0 unspecified atom stereocenters. The third-order valence-electron chi connectivity index (χ3n) is 5.74. The Hall–Kier alpha value is -3.33. The molecule has 156 valence electrons. The third kappa shape index (κ3) is 3.41. The second kappa shape index (κ2) is 7.83. The zero-order valence-corrected chi connectivity index (χ0v) is 17.0. The van der Waals surface area contributed by atoms with Crippen molar-refractivity contribution in [3.8, 4) is 5.75 Å². The largest absolute Gasteiger partial charge is 0.488 e. The Morgan fingerprint density at radius 1 is 1.13 bits per heavy atom.